The van der Waals surface area contributed by atoms with Gasteiger partial charge < -0.3 is 20.1 Å². The van der Waals surface area contributed by atoms with Gasteiger partial charge in [0.1, 0.15) is 18.1 Å². The van der Waals surface area contributed by atoms with Crippen molar-refractivity contribution < 1.29 is 14.3 Å². The summed E-state index contributed by atoms with van der Waals surface area (Å²) < 4.78 is 10.6. The molecule has 2 N–H and O–H groups in total. The number of hydrogen-bond donors (Lipinski definition) is 2. The summed E-state index contributed by atoms with van der Waals surface area (Å²) in [6.07, 6.45) is 7.80. The number of nitrogens with one attached hydrogen (secondary N) is 2. The van der Waals surface area contributed by atoms with Crippen molar-refractivity contribution in [1.82, 2.24) is 10.6 Å². The third kappa shape index (κ3) is 6.80. The second-order valence-corrected chi connectivity index (χ2v) is 6.00. The van der Waals surface area contributed by atoms with Gasteiger partial charge in [0.15, 0.2) is 0 Å². The maximum atomic E-state index is 11.7. The molecule has 0 spiro atoms. The third-order valence-electron chi connectivity index (χ3n) is 4.28. The van der Waals surface area contributed by atoms with Crippen LogP contribution in [0.1, 0.15) is 38.5 Å². The van der Waals surface area contributed by atoms with Crippen molar-refractivity contribution in [2.45, 2.75) is 38.5 Å². The number of amides is 2. The van der Waals surface area contributed by atoms with Gasteiger partial charge in [0.2, 0.25) is 0 Å². The molecule has 0 aliphatic heterocycles. The molecule has 0 radical (unpaired) electrons. The lowest BCUT2D eigenvalue weighted by molar-refractivity contribution is 0.234. The molecule has 2 rings (SSSR count). The van der Waals surface area contributed by atoms with Crippen LogP contribution < -0.4 is 20.1 Å². The maximum Gasteiger partial charge on any atom is 0.314 e. The molecule has 128 valence electrons. The van der Waals surface area contributed by atoms with E-state index in [0.29, 0.717) is 13.2 Å². The van der Waals surface area contributed by atoms with E-state index in [-0.39, 0.29) is 6.03 Å². The van der Waals surface area contributed by atoms with E-state index in [4.69, 9.17) is 9.47 Å². The fourth-order valence-electron chi connectivity index (χ4n) is 2.93. The average molecular weight is 320 g/mol. The fraction of sp³-hybridized carbons (Fsp3) is 0.611. The Morgan fingerprint density at radius 2 is 1.70 bits per heavy atom. The first-order chi connectivity index (χ1) is 11.3. The molecule has 0 saturated heterocycles. The minimum atomic E-state index is -0.112. The van der Waals surface area contributed by atoms with E-state index in [1.54, 1.807) is 7.11 Å². The van der Waals surface area contributed by atoms with Crippen molar-refractivity contribution in [1.29, 1.82) is 0 Å². The Bertz CT molecular complexity index is 456. The SMILES string of the molecule is COc1ccc(OCCNC(=O)NCCC2CCCCC2)cc1. The molecule has 0 atom stereocenters. The molecule has 5 nitrogen and oxygen atoms in total. The molecule has 2 amide bonds. The summed E-state index contributed by atoms with van der Waals surface area (Å²) in [6.45, 7) is 1.69. The molecule has 23 heavy (non-hydrogen) atoms. The fourth-order valence-corrected chi connectivity index (χ4v) is 2.93. The van der Waals surface area contributed by atoms with Crippen LogP contribution in [0.4, 0.5) is 4.79 Å². The van der Waals surface area contributed by atoms with Crippen molar-refractivity contribution in [3.63, 3.8) is 0 Å². The van der Waals surface area contributed by atoms with Gasteiger partial charge in [-0.05, 0) is 36.6 Å². The summed E-state index contributed by atoms with van der Waals surface area (Å²) in [7, 11) is 1.63. The molecule has 0 heterocycles. The Balaban J connectivity index is 1.50. The highest BCUT2D eigenvalue weighted by Gasteiger charge is 2.13. The minimum Gasteiger partial charge on any atom is -0.497 e. The monoisotopic (exact) mass is 320 g/mol. The zero-order chi connectivity index (χ0) is 16.3. The zero-order valence-corrected chi connectivity index (χ0v) is 14.0. The Kier molecular flexibility index (Phi) is 7.57. The Morgan fingerprint density at radius 3 is 2.39 bits per heavy atom. The van der Waals surface area contributed by atoms with Crippen molar-refractivity contribution in [3.05, 3.63) is 24.3 Å². The van der Waals surface area contributed by atoms with Gasteiger partial charge in [-0.3, -0.25) is 0 Å². The van der Waals surface area contributed by atoms with Gasteiger partial charge >= 0.3 is 6.03 Å². The molecule has 1 aromatic carbocycles. The molecule has 1 aliphatic carbocycles. The zero-order valence-electron chi connectivity index (χ0n) is 14.0. The van der Waals surface area contributed by atoms with E-state index < -0.39 is 0 Å². The standard InChI is InChI=1S/C18H28N2O3/c1-22-16-7-9-17(10-8-16)23-14-13-20-18(21)19-12-11-15-5-3-2-4-6-15/h7-10,15H,2-6,11-14H2,1H3,(H2,19,20,21). The van der Waals surface area contributed by atoms with Crippen LogP contribution in [0.25, 0.3) is 0 Å². The van der Waals surface area contributed by atoms with E-state index in [1.807, 2.05) is 24.3 Å². The first-order valence-corrected chi connectivity index (χ1v) is 8.56. The number of urea groups is 1. The maximum absolute atomic E-state index is 11.7. The summed E-state index contributed by atoms with van der Waals surface area (Å²) in [4.78, 5) is 11.7. The summed E-state index contributed by atoms with van der Waals surface area (Å²) in [6, 6.07) is 7.28. The molecule has 0 aromatic heterocycles. The molecular weight excluding hydrogens is 292 g/mol. The van der Waals surface area contributed by atoms with Crippen LogP contribution in [-0.4, -0.2) is 32.8 Å². The van der Waals surface area contributed by atoms with Gasteiger partial charge in [-0.1, -0.05) is 32.1 Å². The normalized spacial score (nSPS) is 15.0. The lowest BCUT2D eigenvalue weighted by Gasteiger charge is -2.21. The van der Waals surface area contributed by atoms with Gasteiger partial charge in [0.05, 0.1) is 13.7 Å². The lowest BCUT2D eigenvalue weighted by atomic mass is 9.87. The highest BCUT2D eigenvalue weighted by molar-refractivity contribution is 5.73. The largest absolute Gasteiger partial charge is 0.497 e. The summed E-state index contributed by atoms with van der Waals surface area (Å²) in [5.41, 5.74) is 0. The molecular formula is C18H28N2O3. The van der Waals surface area contributed by atoms with Gasteiger partial charge in [-0.2, -0.15) is 0 Å². The molecule has 0 bridgehead atoms. The van der Waals surface area contributed by atoms with Crippen molar-refractivity contribution in [2.24, 2.45) is 5.92 Å². The Hall–Kier alpha value is -1.91. The van der Waals surface area contributed by atoms with E-state index in [9.17, 15) is 4.79 Å². The predicted molar refractivity (Wildman–Crippen MR) is 91.1 cm³/mol. The van der Waals surface area contributed by atoms with E-state index >= 15 is 0 Å². The summed E-state index contributed by atoms with van der Waals surface area (Å²) in [5.74, 6) is 2.36. The van der Waals surface area contributed by atoms with Gasteiger partial charge in [-0.15, -0.1) is 0 Å². The molecule has 5 heteroatoms. The average Bonchev–Trinajstić information content (AvgIpc) is 2.60. The Labute approximate surface area is 138 Å². The molecule has 1 aliphatic rings. The second-order valence-electron chi connectivity index (χ2n) is 6.00. The Morgan fingerprint density at radius 1 is 1.04 bits per heavy atom. The topological polar surface area (TPSA) is 59.6 Å². The van der Waals surface area contributed by atoms with Gasteiger partial charge in [0, 0.05) is 6.54 Å². The second kappa shape index (κ2) is 9.98. The number of methoxy groups -OCH3 is 1. The summed E-state index contributed by atoms with van der Waals surface area (Å²) in [5, 5.41) is 5.74. The number of carbonyl (C=O) groups excluding carboxylic acids is 1. The van der Waals surface area contributed by atoms with Crippen LogP contribution in [-0.2, 0) is 0 Å². The molecule has 1 fully saturated rings. The van der Waals surface area contributed by atoms with E-state index in [2.05, 4.69) is 10.6 Å². The van der Waals surface area contributed by atoms with Crippen LogP contribution in [0.3, 0.4) is 0 Å². The first kappa shape index (κ1) is 17.4. The smallest absolute Gasteiger partial charge is 0.314 e. The molecule has 0 unspecified atom stereocenters. The number of carbonyl (C=O) groups is 1. The van der Waals surface area contributed by atoms with Crippen molar-refractivity contribution in [3.8, 4) is 11.5 Å². The van der Waals surface area contributed by atoms with E-state index in [1.165, 1.54) is 32.1 Å². The minimum absolute atomic E-state index is 0.112. The number of benzene rings is 1. The quantitative estimate of drug-likeness (QED) is 0.722. The van der Waals surface area contributed by atoms with Crippen LogP contribution >= 0.6 is 0 Å². The highest BCUT2D eigenvalue weighted by atomic mass is 16.5. The molecule has 1 aromatic rings. The van der Waals surface area contributed by atoms with E-state index in [0.717, 1.165) is 30.4 Å². The summed E-state index contributed by atoms with van der Waals surface area (Å²) >= 11 is 0. The number of rotatable bonds is 8. The predicted octanol–water partition coefficient (Wildman–Crippen LogP) is 3.34. The van der Waals surface area contributed by atoms with Crippen LogP contribution in [0.5, 0.6) is 11.5 Å². The number of hydrogen-bond acceptors (Lipinski definition) is 3. The highest BCUT2D eigenvalue weighted by Crippen LogP contribution is 2.25. The van der Waals surface area contributed by atoms with Crippen LogP contribution in [0.15, 0.2) is 24.3 Å². The third-order valence-corrected chi connectivity index (χ3v) is 4.28. The molecule has 1 saturated carbocycles. The van der Waals surface area contributed by atoms with Crippen molar-refractivity contribution >= 4 is 6.03 Å². The van der Waals surface area contributed by atoms with Crippen molar-refractivity contribution in [2.75, 3.05) is 26.8 Å². The lowest BCUT2D eigenvalue weighted by Crippen LogP contribution is -2.38. The van der Waals surface area contributed by atoms with Crippen LogP contribution in [0, 0.1) is 5.92 Å². The van der Waals surface area contributed by atoms with Gasteiger partial charge in [-0.25, -0.2) is 4.79 Å². The van der Waals surface area contributed by atoms with Gasteiger partial charge in [0.25, 0.3) is 0 Å². The van der Waals surface area contributed by atoms with Crippen LogP contribution in [0.2, 0.25) is 0 Å². The first-order valence-electron chi connectivity index (χ1n) is 8.56. The number of ether oxygens (including phenoxy) is 2.